The molecule has 126 valence electrons. The molecule has 7 heteroatoms. The van der Waals surface area contributed by atoms with Crippen LogP contribution in [0.2, 0.25) is 0 Å². The lowest BCUT2D eigenvalue weighted by molar-refractivity contribution is -0.141. The lowest BCUT2D eigenvalue weighted by Gasteiger charge is -2.18. The molecule has 6 nitrogen and oxygen atoms in total. The molecule has 0 spiro atoms. The van der Waals surface area contributed by atoms with Gasteiger partial charge >= 0.3 is 5.97 Å². The maximum absolute atomic E-state index is 12.6. The Hall–Kier alpha value is -2.41. The van der Waals surface area contributed by atoms with E-state index in [1.54, 1.807) is 17.4 Å². The Morgan fingerprint density at radius 3 is 2.71 bits per heavy atom. The smallest absolute Gasteiger partial charge is 0.308 e. The molecule has 1 aliphatic rings. The second kappa shape index (κ2) is 6.60. The summed E-state index contributed by atoms with van der Waals surface area (Å²) in [5.74, 6) is -1.45. The van der Waals surface area contributed by atoms with Gasteiger partial charge in [-0.25, -0.2) is 4.98 Å². The van der Waals surface area contributed by atoms with Crippen LogP contribution in [0.25, 0.3) is 0 Å². The third-order valence-electron chi connectivity index (χ3n) is 4.30. The van der Waals surface area contributed by atoms with Crippen LogP contribution in [0.15, 0.2) is 29.6 Å². The minimum atomic E-state index is -0.907. The number of methoxy groups -OCH3 is 1. The second-order valence-corrected chi connectivity index (χ2v) is 6.82. The van der Waals surface area contributed by atoms with Crippen LogP contribution in [0.3, 0.4) is 0 Å². The van der Waals surface area contributed by atoms with Crippen molar-refractivity contribution in [3.8, 4) is 5.75 Å². The van der Waals surface area contributed by atoms with Crippen molar-refractivity contribution < 1.29 is 19.4 Å². The largest absolute Gasteiger partial charge is 0.496 e. The number of nitrogens with zero attached hydrogens (tertiary/aromatic N) is 2. The summed E-state index contributed by atoms with van der Waals surface area (Å²) in [5, 5.41) is 12.1. The molecule has 1 aromatic carbocycles. The molecule has 1 saturated heterocycles. The second-order valence-electron chi connectivity index (χ2n) is 5.76. The number of ether oxygens (including phenoxy) is 1. The van der Waals surface area contributed by atoms with Crippen molar-refractivity contribution in [1.29, 1.82) is 0 Å². The Morgan fingerprint density at radius 1 is 1.33 bits per heavy atom. The highest BCUT2D eigenvalue weighted by molar-refractivity contribution is 7.09. The zero-order chi connectivity index (χ0) is 17.3. The predicted molar refractivity (Wildman–Crippen MR) is 89.6 cm³/mol. The van der Waals surface area contributed by atoms with Gasteiger partial charge in [0, 0.05) is 24.4 Å². The number of hydrogen-bond donors (Lipinski definition) is 1. The van der Waals surface area contributed by atoms with Gasteiger partial charge in [-0.05, 0) is 18.6 Å². The molecule has 1 aliphatic heterocycles. The highest BCUT2D eigenvalue weighted by Crippen LogP contribution is 2.38. The van der Waals surface area contributed by atoms with E-state index in [-0.39, 0.29) is 18.4 Å². The monoisotopic (exact) mass is 346 g/mol. The van der Waals surface area contributed by atoms with E-state index < -0.39 is 11.9 Å². The number of carbonyl (C=O) groups excluding carboxylic acids is 1. The first-order chi connectivity index (χ1) is 11.5. The topological polar surface area (TPSA) is 79.7 Å². The van der Waals surface area contributed by atoms with E-state index in [0.29, 0.717) is 18.0 Å². The molecule has 0 saturated carbocycles. The highest BCUT2D eigenvalue weighted by atomic mass is 32.1. The van der Waals surface area contributed by atoms with Crippen LogP contribution in [-0.2, 0) is 4.79 Å². The van der Waals surface area contributed by atoms with Crippen molar-refractivity contribution in [3.63, 3.8) is 0 Å². The number of rotatable bonds is 4. The van der Waals surface area contributed by atoms with Crippen LogP contribution in [0, 0.1) is 12.8 Å². The molecule has 0 radical (unpaired) electrons. The summed E-state index contributed by atoms with van der Waals surface area (Å²) < 4.78 is 5.36. The summed E-state index contributed by atoms with van der Waals surface area (Å²) in [6.45, 7) is 2.35. The number of likely N-dealkylation sites (tertiary alicyclic amines) is 1. The summed E-state index contributed by atoms with van der Waals surface area (Å²) in [4.78, 5) is 30.1. The van der Waals surface area contributed by atoms with Gasteiger partial charge in [-0.15, -0.1) is 11.3 Å². The Morgan fingerprint density at radius 2 is 2.08 bits per heavy atom. The maximum Gasteiger partial charge on any atom is 0.308 e. The van der Waals surface area contributed by atoms with Crippen LogP contribution in [0.5, 0.6) is 5.75 Å². The first kappa shape index (κ1) is 16.4. The van der Waals surface area contributed by atoms with Crippen molar-refractivity contribution in [2.24, 2.45) is 5.92 Å². The van der Waals surface area contributed by atoms with Crippen molar-refractivity contribution in [3.05, 3.63) is 45.9 Å². The number of benzene rings is 1. The van der Waals surface area contributed by atoms with E-state index in [0.717, 1.165) is 10.6 Å². The minimum Gasteiger partial charge on any atom is -0.496 e. The first-order valence-corrected chi connectivity index (χ1v) is 8.46. The molecule has 24 heavy (non-hydrogen) atoms. The van der Waals surface area contributed by atoms with E-state index >= 15 is 0 Å². The average molecular weight is 346 g/mol. The molecular weight excluding hydrogens is 328 g/mol. The summed E-state index contributed by atoms with van der Waals surface area (Å²) in [7, 11) is 1.56. The van der Waals surface area contributed by atoms with Gasteiger partial charge < -0.3 is 14.7 Å². The van der Waals surface area contributed by atoms with Gasteiger partial charge in [-0.1, -0.05) is 18.2 Å². The van der Waals surface area contributed by atoms with Crippen LogP contribution in [0.1, 0.15) is 27.0 Å². The van der Waals surface area contributed by atoms with E-state index in [9.17, 15) is 14.7 Å². The van der Waals surface area contributed by atoms with Crippen molar-refractivity contribution >= 4 is 23.2 Å². The minimum absolute atomic E-state index is 0.174. The van der Waals surface area contributed by atoms with Crippen LogP contribution in [0.4, 0.5) is 0 Å². The van der Waals surface area contributed by atoms with Gasteiger partial charge in [0.2, 0.25) is 0 Å². The van der Waals surface area contributed by atoms with Gasteiger partial charge in [0.1, 0.15) is 11.4 Å². The van der Waals surface area contributed by atoms with Gasteiger partial charge in [0.15, 0.2) is 0 Å². The molecule has 1 N–H and O–H groups in total. The molecule has 3 rings (SSSR count). The fourth-order valence-corrected chi connectivity index (χ4v) is 3.72. The number of thiazole rings is 1. The summed E-state index contributed by atoms with van der Waals surface area (Å²) in [6.07, 6.45) is 0. The number of carboxylic acids is 1. The molecule has 0 unspecified atom stereocenters. The Labute approximate surface area is 143 Å². The molecule has 2 atom stereocenters. The van der Waals surface area contributed by atoms with Crippen LogP contribution >= 0.6 is 11.3 Å². The van der Waals surface area contributed by atoms with Gasteiger partial charge in [-0.3, -0.25) is 9.59 Å². The van der Waals surface area contributed by atoms with E-state index in [4.69, 9.17) is 4.74 Å². The Kier molecular flexibility index (Phi) is 4.53. The number of hydrogen-bond acceptors (Lipinski definition) is 5. The zero-order valence-electron chi connectivity index (χ0n) is 13.4. The highest BCUT2D eigenvalue weighted by Gasteiger charge is 2.42. The maximum atomic E-state index is 12.6. The summed E-state index contributed by atoms with van der Waals surface area (Å²) >= 11 is 1.41. The average Bonchev–Trinajstić information content (AvgIpc) is 3.20. The Balaban J connectivity index is 1.90. The molecule has 1 aromatic heterocycles. The SMILES string of the molecule is COc1ccccc1[C@@H]1CN(C(=O)c2csc(C)n2)C[C@H]1C(=O)O. The number of aliphatic carboxylic acids is 1. The van der Waals surface area contributed by atoms with E-state index in [1.165, 1.54) is 11.3 Å². The lowest BCUT2D eigenvalue weighted by atomic mass is 9.88. The van der Waals surface area contributed by atoms with Gasteiger partial charge in [0.25, 0.3) is 5.91 Å². The number of aryl methyl sites for hydroxylation is 1. The van der Waals surface area contributed by atoms with Gasteiger partial charge in [-0.2, -0.15) is 0 Å². The molecule has 2 heterocycles. The van der Waals surface area contributed by atoms with Crippen molar-refractivity contribution in [1.82, 2.24) is 9.88 Å². The normalized spacial score (nSPS) is 20.2. The molecule has 1 amide bonds. The number of para-hydroxylation sites is 1. The first-order valence-electron chi connectivity index (χ1n) is 7.58. The lowest BCUT2D eigenvalue weighted by Crippen LogP contribution is -2.30. The predicted octanol–water partition coefficient (Wildman–Crippen LogP) is 2.40. The molecule has 0 bridgehead atoms. The standard InChI is InChI=1S/C17H18N2O4S/c1-10-18-14(9-24-10)16(20)19-7-12(13(8-19)17(21)22)11-5-3-4-6-15(11)23-2/h3-6,9,12-13H,7-8H2,1-2H3,(H,21,22)/t12-,13+/m0/s1. The number of carboxylic acid groups (broad SMARTS) is 1. The Bertz CT molecular complexity index is 773. The van der Waals surface area contributed by atoms with Crippen molar-refractivity contribution in [2.75, 3.05) is 20.2 Å². The van der Waals surface area contributed by atoms with Gasteiger partial charge in [0.05, 0.1) is 18.0 Å². The molecule has 2 aromatic rings. The molecular formula is C17H18N2O4S. The number of carbonyl (C=O) groups is 2. The fraction of sp³-hybridized carbons (Fsp3) is 0.353. The van der Waals surface area contributed by atoms with E-state index in [1.807, 2.05) is 31.2 Å². The fourth-order valence-electron chi connectivity index (χ4n) is 3.13. The van der Waals surface area contributed by atoms with E-state index in [2.05, 4.69) is 4.98 Å². The van der Waals surface area contributed by atoms with Crippen LogP contribution < -0.4 is 4.74 Å². The third kappa shape index (κ3) is 2.99. The number of amides is 1. The summed E-state index contributed by atoms with van der Waals surface area (Å²) in [6, 6.07) is 7.36. The summed E-state index contributed by atoms with van der Waals surface area (Å²) in [5.41, 5.74) is 1.19. The third-order valence-corrected chi connectivity index (χ3v) is 5.07. The van der Waals surface area contributed by atoms with Crippen LogP contribution in [-0.4, -0.2) is 47.1 Å². The zero-order valence-corrected chi connectivity index (χ0v) is 14.2. The molecule has 0 aliphatic carbocycles. The number of aromatic nitrogens is 1. The van der Waals surface area contributed by atoms with Crippen molar-refractivity contribution in [2.45, 2.75) is 12.8 Å². The molecule has 1 fully saturated rings. The quantitative estimate of drug-likeness (QED) is 0.919.